The van der Waals surface area contributed by atoms with Crippen LogP contribution in [0.25, 0.3) is 0 Å². The molecule has 0 N–H and O–H groups in total. The van der Waals surface area contributed by atoms with Crippen LogP contribution in [0.15, 0.2) is 12.1 Å². The van der Waals surface area contributed by atoms with Crippen molar-refractivity contribution in [2.45, 2.75) is 13.8 Å². The van der Waals surface area contributed by atoms with Gasteiger partial charge in [0.1, 0.15) is 24.9 Å². The fraction of sp³-hybridized carbons (Fsp3) is 0.300. The van der Waals surface area contributed by atoms with E-state index < -0.39 is 11.6 Å². The van der Waals surface area contributed by atoms with E-state index in [2.05, 4.69) is 0 Å². The highest BCUT2D eigenvalue weighted by Crippen LogP contribution is 2.21. The predicted octanol–water partition coefficient (Wildman–Crippen LogP) is 2.64. The molecule has 13 heavy (non-hydrogen) atoms. The van der Waals surface area contributed by atoms with E-state index in [0.29, 0.717) is 11.3 Å². The number of hydrogen-bond donors (Lipinski definition) is 0. The van der Waals surface area contributed by atoms with Gasteiger partial charge in [0.05, 0.1) is 5.56 Å². The fourth-order valence-electron chi connectivity index (χ4n) is 1.14. The molecule has 0 fully saturated rings. The third-order valence-electron chi connectivity index (χ3n) is 2.05. The minimum atomic E-state index is -0.549. The van der Waals surface area contributed by atoms with Gasteiger partial charge in [-0.25, -0.2) is 13.4 Å². The van der Waals surface area contributed by atoms with Crippen molar-refractivity contribution in [1.82, 2.24) is 0 Å². The molecule has 0 bridgehead atoms. The maximum absolute atomic E-state index is 13.1. The van der Waals surface area contributed by atoms with Gasteiger partial charge in [-0.2, -0.15) is 0 Å². The van der Waals surface area contributed by atoms with E-state index in [1.807, 2.05) is 6.92 Å². The largest absolute Gasteiger partial charge is 0.213 e. The van der Waals surface area contributed by atoms with Crippen molar-refractivity contribution in [3.05, 3.63) is 29.3 Å². The van der Waals surface area contributed by atoms with Gasteiger partial charge in [-0.3, -0.25) is 0 Å². The van der Waals surface area contributed by atoms with Gasteiger partial charge >= 0.3 is 0 Å². The summed E-state index contributed by atoms with van der Waals surface area (Å²) in [4.78, 5) is 0. The molecule has 70 valence electrons. The summed E-state index contributed by atoms with van der Waals surface area (Å²) in [6.07, 6.45) is 1.75. The fourth-order valence-corrected chi connectivity index (χ4v) is 1.14. The van der Waals surface area contributed by atoms with E-state index in [-0.39, 0.29) is 0 Å². The van der Waals surface area contributed by atoms with E-state index >= 15 is 0 Å². The highest BCUT2D eigenvalue weighted by molar-refractivity contribution is 5.52. The zero-order valence-electron chi connectivity index (χ0n) is 7.94. The highest BCUT2D eigenvalue weighted by atomic mass is 19.1. The third-order valence-corrected chi connectivity index (χ3v) is 2.05. The molecule has 1 aromatic carbocycles. The average molecular weight is 184 g/mol. The van der Waals surface area contributed by atoms with Crippen LogP contribution in [0.1, 0.15) is 12.5 Å². The van der Waals surface area contributed by atoms with Crippen molar-refractivity contribution < 1.29 is 13.4 Å². The Morgan fingerprint density at radius 2 is 1.92 bits per heavy atom. The van der Waals surface area contributed by atoms with Crippen LogP contribution in [0.3, 0.4) is 0 Å². The van der Waals surface area contributed by atoms with Gasteiger partial charge in [0.15, 0.2) is 0 Å². The molecule has 0 aromatic heterocycles. The molecule has 1 aromatic rings. The van der Waals surface area contributed by atoms with E-state index in [9.17, 15) is 8.78 Å². The zero-order valence-corrected chi connectivity index (χ0v) is 7.94. The molecular formula is C10H12F2N+. The SMILES string of the molecule is CC=[N+](C)c1cc(F)cc(F)c1C. The predicted molar refractivity (Wildman–Crippen MR) is 48.7 cm³/mol. The van der Waals surface area contributed by atoms with Crippen LogP contribution >= 0.6 is 0 Å². The van der Waals surface area contributed by atoms with Gasteiger partial charge < -0.3 is 0 Å². The van der Waals surface area contributed by atoms with Gasteiger partial charge in [0, 0.05) is 19.1 Å². The number of benzene rings is 1. The Morgan fingerprint density at radius 3 is 2.46 bits per heavy atom. The molecular weight excluding hydrogens is 172 g/mol. The standard InChI is InChI=1S/C10H12F2N/c1-4-13(3)10-6-8(11)5-9(12)7(10)2/h4-6H,1-3H3/q+1. The van der Waals surface area contributed by atoms with Crippen molar-refractivity contribution in [3.63, 3.8) is 0 Å². The minimum absolute atomic E-state index is 0.460. The Balaban J connectivity index is 3.37. The van der Waals surface area contributed by atoms with E-state index in [1.165, 1.54) is 6.07 Å². The first-order valence-corrected chi connectivity index (χ1v) is 4.04. The molecule has 0 aliphatic heterocycles. The minimum Gasteiger partial charge on any atom is -0.207 e. The molecule has 0 atom stereocenters. The Kier molecular flexibility index (Phi) is 2.76. The van der Waals surface area contributed by atoms with Crippen molar-refractivity contribution in [2.24, 2.45) is 0 Å². The molecule has 0 heterocycles. The van der Waals surface area contributed by atoms with Gasteiger partial charge in [-0.1, -0.05) is 0 Å². The third kappa shape index (κ3) is 1.91. The number of hydrogen-bond acceptors (Lipinski definition) is 0. The van der Waals surface area contributed by atoms with E-state index in [1.54, 1.807) is 24.8 Å². The van der Waals surface area contributed by atoms with Crippen molar-refractivity contribution in [2.75, 3.05) is 7.05 Å². The smallest absolute Gasteiger partial charge is 0.207 e. The summed E-state index contributed by atoms with van der Waals surface area (Å²) in [6, 6.07) is 2.21. The quantitative estimate of drug-likeness (QED) is 0.466. The lowest BCUT2D eigenvalue weighted by molar-refractivity contribution is -0.400. The monoisotopic (exact) mass is 184 g/mol. The van der Waals surface area contributed by atoms with E-state index in [0.717, 1.165) is 6.07 Å². The summed E-state index contributed by atoms with van der Waals surface area (Å²) in [5.74, 6) is -1.06. The van der Waals surface area contributed by atoms with Gasteiger partial charge in [-0.05, 0) is 6.92 Å². The number of nitrogens with zero attached hydrogens (tertiary/aromatic N) is 1. The summed E-state index contributed by atoms with van der Waals surface area (Å²) < 4.78 is 27.6. The average Bonchev–Trinajstić information content (AvgIpc) is 2.10. The zero-order chi connectivity index (χ0) is 10.0. The van der Waals surface area contributed by atoms with Gasteiger partial charge in [-0.15, -0.1) is 0 Å². The maximum Gasteiger partial charge on any atom is 0.213 e. The lowest BCUT2D eigenvalue weighted by Gasteiger charge is -2.01. The van der Waals surface area contributed by atoms with Crippen molar-refractivity contribution in [3.8, 4) is 0 Å². The lowest BCUT2D eigenvalue weighted by atomic mass is 10.2. The lowest BCUT2D eigenvalue weighted by Crippen LogP contribution is -2.01. The molecule has 0 spiro atoms. The molecule has 0 saturated heterocycles. The summed E-state index contributed by atoms with van der Waals surface area (Å²) in [5, 5.41) is 0. The summed E-state index contributed by atoms with van der Waals surface area (Å²) in [6.45, 7) is 3.44. The number of rotatable bonds is 1. The molecule has 0 unspecified atom stereocenters. The molecule has 0 aliphatic rings. The molecule has 1 rings (SSSR count). The second-order valence-corrected chi connectivity index (χ2v) is 2.90. The van der Waals surface area contributed by atoms with Crippen LogP contribution < -0.4 is 0 Å². The van der Waals surface area contributed by atoms with Crippen LogP contribution in [0, 0.1) is 18.6 Å². The Bertz CT molecular complexity index is 356. The van der Waals surface area contributed by atoms with Gasteiger partial charge in [0.2, 0.25) is 5.69 Å². The first-order valence-electron chi connectivity index (χ1n) is 4.04. The Hall–Kier alpha value is -1.25. The summed E-state index contributed by atoms with van der Waals surface area (Å²) in [7, 11) is 1.75. The summed E-state index contributed by atoms with van der Waals surface area (Å²) in [5.41, 5.74) is 1.02. The molecule has 0 aliphatic carbocycles. The highest BCUT2D eigenvalue weighted by Gasteiger charge is 2.13. The Labute approximate surface area is 76.3 Å². The normalized spacial score (nSPS) is 11.9. The first kappa shape index (κ1) is 9.84. The maximum atomic E-state index is 13.1. The van der Waals surface area contributed by atoms with Gasteiger partial charge in [0.25, 0.3) is 0 Å². The van der Waals surface area contributed by atoms with Crippen LogP contribution in [0.4, 0.5) is 14.5 Å². The van der Waals surface area contributed by atoms with Crippen molar-refractivity contribution >= 4 is 11.9 Å². The van der Waals surface area contributed by atoms with Crippen molar-refractivity contribution in [1.29, 1.82) is 0 Å². The molecule has 0 radical (unpaired) electrons. The molecule has 3 heteroatoms. The van der Waals surface area contributed by atoms with Crippen LogP contribution in [0.5, 0.6) is 0 Å². The van der Waals surface area contributed by atoms with Crippen LogP contribution in [0.2, 0.25) is 0 Å². The molecule has 1 nitrogen and oxygen atoms in total. The topological polar surface area (TPSA) is 3.01 Å². The molecule has 0 saturated carbocycles. The molecule has 0 amide bonds. The van der Waals surface area contributed by atoms with Crippen LogP contribution in [-0.2, 0) is 0 Å². The van der Waals surface area contributed by atoms with E-state index in [4.69, 9.17) is 0 Å². The second-order valence-electron chi connectivity index (χ2n) is 2.90. The number of halogens is 2. The Morgan fingerprint density at radius 1 is 1.31 bits per heavy atom. The van der Waals surface area contributed by atoms with Crippen LogP contribution in [-0.4, -0.2) is 17.8 Å². The summed E-state index contributed by atoms with van der Waals surface area (Å²) >= 11 is 0. The first-order chi connectivity index (χ1) is 6.06. The second kappa shape index (κ2) is 3.64.